The van der Waals surface area contributed by atoms with Crippen LogP contribution < -0.4 is 0 Å². The van der Waals surface area contributed by atoms with Crippen molar-refractivity contribution in [2.24, 2.45) is 22.2 Å². The number of Topliss-reactive ketones (excluding diaryl/α,β-unsaturated/α-hetero) is 3. The Labute approximate surface area is 322 Å². The third-order valence-electron chi connectivity index (χ3n) is 5.90. The third-order valence-corrected chi connectivity index (χ3v) is 9.98. The molecule has 3 atom stereocenters. The molecule has 51 heavy (non-hydrogen) atoms. The molecule has 3 N–H and O–H groups in total. The van der Waals surface area contributed by atoms with Crippen LogP contribution in [-0.2, 0) is 28.8 Å². The van der Waals surface area contributed by atoms with Crippen LogP contribution in [0.5, 0.6) is 0 Å². The van der Waals surface area contributed by atoms with Crippen LogP contribution in [0.3, 0.4) is 0 Å². The van der Waals surface area contributed by atoms with Gasteiger partial charge >= 0.3 is 17.9 Å². The number of aliphatic carboxylic acids is 3. The van der Waals surface area contributed by atoms with E-state index in [1.54, 1.807) is 0 Å². The molecule has 0 bridgehead atoms. The number of hydrogen-bond donors (Lipinski definition) is 3. The summed E-state index contributed by atoms with van der Waals surface area (Å²) in [5, 5.41) is 26.1. The minimum absolute atomic E-state index is 0.0181. The highest BCUT2D eigenvalue weighted by Gasteiger charge is 2.32. The zero-order valence-electron chi connectivity index (χ0n) is 35.0. The summed E-state index contributed by atoms with van der Waals surface area (Å²) >= 11 is 4.21. The number of ketones is 3. The topological polar surface area (TPSA) is 163 Å². The molecule has 0 aromatic heterocycles. The summed E-state index contributed by atoms with van der Waals surface area (Å²) < 4.78 is -0.314. The highest BCUT2D eigenvalue weighted by molar-refractivity contribution is 8.02. The summed E-state index contributed by atoms with van der Waals surface area (Å²) in [5.41, 5.74) is -0.309. The van der Waals surface area contributed by atoms with Gasteiger partial charge in [0.2, 0.25) is 0 Å². The molecule has 0 saturated heterocycles. The molecule has 0 aromatic carbocycles. The smallest absolute Gasteiger partial charge is 0.317 e. The van der Waals surface area contributed by atoms with Crippen LogP contribution in [0.1, 0.15) is 157 Å². The standard InChI is InChI=1S/3C13H24O3S/c1-12(2,3)7-10(14)9(11(15)16)8-17-13(4,5)6;2*1-12(2,3)8-9(14)7-10(11(15)16)17-13(4,5)6/h9H,7-8H2,1-6H3,(H,15,16);2*10H,7-8H2,1-6H3,(H,15,16). The maximum atomic E-state index is 11.9. The number of rotatable bonds is 15. The monoisotopic (exact) mass is 780 g/mol. The molecule has 0 fully saturated rings. The zero-order chi connectivity index (χ0) is 41.6. The minimum atomic E-state index is -1.00. The average Bonchev–Trinajstić information content (AvgIpc) is 2.77. The van der Waals surface area contributed by atoms with E-state index in [-0.39, 0.29) is 60.7 Å². The molecule has 3 unspecified atom stereocenters. The van der Waals surface area contributed by atoms with Gasteiger partial charge in [-0.3, -0.25) is 28.8 Å². The second kappa shape index (κ2) is 22.0. The van der Waals surface area contributed by atoms with Crippen molar-refractivity contribution in [2.45, 2.75) is 181 Å². The predicted molar refractivity (Wildman–Crippen MR) is 217 cm³/mol. The van der Waals surface area contributed by atoms with E-state index in [4.69, 9.17) is 15.3 Å². The molecule has 0 amide bonds. The molecular formula is C39H72O9S3. The molecule has 0 aliphatic rings. The van der Waals surface area contributed by atoms with Crippen molar-refractivity contribution in [1.82, 2.24) is 0 Å². The van der Waals surface area contributed by atoms with Gasteiger partial charge in [0.25, 0.3) is 0 Å². The van der Waals surface area contributed by atoms with Crippen molar-refractivity contribution in [2.75, 3.05) is 5.75 Å². The van der Waals surface area contributed by atoms with Gasteiger partial charge in [-0.15, -0.1) is 23.5 Å². The van der Waals surface area contributed by atoms with Gasteiger partial charge in [0.1, 0.15) is 33.8 Å². The lowest BCUT2D eigenvalue weighted by molar-refractivity contribution is -0.146. The van der Waals surface area contributed by atoms with Crippen molar-refractivity contribution in [1.29, 1.82) is 0 Å². The molecule has 0 heterocycles. The third kappa shape index (κ3) is 36.6. The van der Waals surface area contributed by atoms with E-state index in [9.17, 15) is 28.8 Å². The van der Waals surface area contributed by atoms with Gasteiger partial charge in [-0.05, 0) is 16.2 Å². The molecule has 0 aromatic rings. The van der Waals surface area contributed by atoms with Gasteiger partial charge in [-0.1, -0.05) is 125 Å². The Balaban J connectivity index is -0.000000678. The van der Waals surface area contributed by atoms with Crippen molar-refractivity contribution in [3.63, 3.8) is 0 Å². The SMILES string of the molecule is CC(C)(C)CC(=O)C(CSC(C)(C)C)C(=O)O.CC(C)(C)CC(=O)CC(SC(C)(C)C)C(=O)O.CC(C)(C)CC(=O)CC(SC(C)(C)C)C(=O)O. The van der Waals surface area contributed by atoms with Crippen molar-refractivity contribution >= 4 is 70.5 Å². The highest BCUT2D eigenvalue weighted by atomic mass is 32.2. The van der Waals surface area contributed by atoms with Crippen molar-refractivity contribution < 1.29 is 44.1 Å². The summed E-state index contributed by atoms with van der Waals surface area (Å²) in [6.07, 6.45) is 1.42. The Morgan fingerprint density at radius 1 is 0.451 bits per heavy atom. The molecular weight excluding hydrogens is 709 g/mol. The summed E-state index contributed by atoms with van der Waals surface area (Å²) in [7, 11) is 0. The van der Waals surface area contributed by atoms with Crippen LogP contribution in [-0.4, -0.2) is 81.1 Å². The van der Waals surface area contributed by atoms with Crippen LogP contribution in [0.2, 0.25) is 0 Å². The quantitative estimate of drug-likeness (QED) is 0.135. The normalized spacial score (nSPS) is 14.5. The van der Waals surface area contributed by atoms with Crippen molar-refractivity contribution in [3.05, 3.63) is 0 Å². The molecule has 0 spiro atoms. The van der Waals surface area contributed by atoms with Gasteiger partial charge in [-0.25, -0.2) is 0 Å². The Bertz CT molecular complexity index is 1080. The average molecular weight is 781 g/mol. The first kappa shape index (κ1) is 53.8. The lowest BCUT2D eigenvalue weighted by Crippen LogP contribution is -2.30. The number of carbonyl (C=O) groups excluding carboxylic acids is 3. The maximum Gasteiger partial charge on any atom is 0.317 e. The number of carbonyl (C=O) groups is 6. The lowest BCUT2D eigenvalue weighted by atomic mass is 9.86. The molecule has 0 rings (SSSR count). The van der Waals surface area contributed by atoms with Crippen LogP contribution >= 0.6 is 35.3 Å². The van der Waals surface area contributed by atoms with E-state index in [0.29, 0.717) is 25.0 Å². The van der Waals surface area contributed by atoms with Crippen LogP contribution in [0.4, 0.5) is 0 Å². The molecule has 0 aliphatic carbocycles. The fraction of sp³-hybridized carbons (Fsp3) is 0.846. The molecule has 9 nitrogen and oxygen atoms in total. The Morgan fingerprint density at radius 2 is 0.745 bits per heavy atom. The first-order chi connectivity index (χ1) is 22.2. The van der Waals surface area contributed by atoms with E-state index in [1.807, 2.05) is 125 Å². The zero-order valence-corrected chi connectivity index (χ0v) is 37.4. The molecule has 300 valence electrons. The molecule has 0 radical (unpaired) electrons. The largest absolute Gasteiger partial charge is 0.481 e. The minimum Gasteiger partial charge on any atom is -0.481 e. The van der Waals surface area contributed by atoms with E-state index < -0.39 is 34.3 Å². The van der Waals surface area contributed by atoms with Crippen molar-refractivity contribution in [3.8, 4) is 0 Å². The first-order valence-corrected chi connectivity index (χ1v) is 20.2. The number of thioether (sulfide) groups is 3. The van der Waals surface area contributed by atoms with Gasteiger partial charge in [0.05, 0.1) is 0 Å². The molecule has 12 heteroatoms. The van der Waals surface area contributed by atoms with Gasteiger partial charge in [-0.2, -0.15) is 11.8 Å². The van der Waals surface area contributed by atoms with Gasteiger partial charge in [0.15, 0.2) is 0 Å². The van der Waals surface area contributed by atoms with Crippen LogP contribution in [0.25, 0.3) is 0 Å². The fourth-order valence-electron chi connectivity index (χ4n) is 4.23. The first-order valence-electron chi connectivity index (χ1n) is 17.5. The van der Waals surface area contributed by atoms with Gasteiger partial charge < -0.3 is 15.3 Å². The van der Waals surface area contributed by atoms with Crippen LogP contribution in [0, 0.1) is 22.2 Å². The second-order valence-electron chi connectivity index (χ2n) is 19.6. The van der Waals surface area contributed by atoms with E-state index in [1.165, 1.54) is 35.3 Å². The lowest BCUT2D eigenvalue weighted by Gasteiger charge is -2.24. The number of carboxylic acids is 3. The summed E-state index contributed by atoms with van der Waals surface area (Å²) in [5.74, 6) is -3.42. The highest BCUT2D eigenvalue weighted by Crippen LogP contribution is 2.33. The summed E-state index contributed by atoms with van der Waals surface area (Å²) in [4.78, 5) is 68.8. The van der Waals surface area contributed by atoms with Gasteiger partial charge in [0, 0.05) is 52.1 Å². The van der Waals surface area contributed by atoms with E-state index in [2.05, 4.69) is 0 Å². The molecule has 0 aliphatic heterocycles. The number of hydrogen-bond acceptors (Lipinski definition) is 9. The predicted octanol–water partition coefficient (Wildman–Crippen LogP) is 9.96. The maximum absolute atomic E-state index is 11.9. The van der Waals surface area contributed by atoms with Crippen LogP contribution in [0.15, 0.2) is 0 Å². The van der Waals surface area contributed by atoms with E-state index >= 15 is 0 Å². The number of carboxylic acid groups (broad SMARTS) is 3. The summed E-state index contributed by atoms with van der Waals surface area (Å²) in [6, 6.07) is 0. The molecule has 0 saturated carbocycles. The fourth-order valence-corrected chi connectivity index (χ4v) is 7.68. The Hall–Kier alpha value is -1.53. The second-order valence-corrected chi connectivity index (χ2v) is 25.5. The van der Waals surface area contributed by atoms with E-state index in [0.717, 1.165) is 0 Å². The summed E-state index contributed by atoms with van der Waals surface area (Å²) in [6.45, 7) is 35.6. The Kier molecular flexibility index (Phi) is 23.2. The Morgan fingerprint density at radius 3 is 0.941 bits per heavy atom.